The highest BCUT2D eigenvalue weighted by Crippen LogP contribution is 2.17. The Hall–Kier alpha value is -2.96. The van der Waals surface area contributed by atoms with Gasteiger partial charge < -0.3 is 15.0 Å². The summed E-state index contributed by atoms with van der Waals surface area (Å²) in [5, 5.41) is 2.59. The number of aromatic nitrogens is 2. The molecule has 2 rings (SSSR count). The van der Waals surface area contributed by atoms with Gasteiger partial charge in [-0.05, 0) is 18.6 Å². The third-order valence-electron chi connectivity index (χ3n) is 3.03. The van der Waals surface area contributed by atoms with Gasteiger partial charge in [-0.25, -0.2) is 9.78 Å². The quantitative estimate of drug-likeness (QED) is 0.627. The molecule has 120 valence electrons. The highest BCUT2D eigenvalue weighted by molar-refractivity contribution is 6.06. The number of hydrogen-bond donors (Lipinski definition) is 2. The van der Waals surface area contributed by atoms with Gasteiger partial charge in [0.05, 0.1) is 24.1 Å². The van der Waals surface area contributed by atoms with Crippen LogP contribution in [0.15, 0.2) is 41.5 Å². The number of ether oxygens (including phenoxy) is 1. The van der Waals surface area contributed by atoms with Gasteiger partial charge in [0, 0.05) is 6.20 Å². The van der Waals surface area contributed by atoms with Crippen LogP contribution in [0, 0.1) is 0 Å². The number of nitrogens with one attached hydrogen (secondary N) is 2. The van der Waals surface area contributed by atoms with Crippen LogP contribution in [0.25, 0.3) is 0 Å². The monoisotopic (exact) mass is 315 g/mol. The minimum absolute atomic E-state index is 0.0405. The van der Waals surface area contributed by atoms with E-state index in [4.69, 9.17) is 4.74 Å². The molecule has 0 saturated heterocycles. The molecule has 23 heavy (non-hydrogen) atoms. The Bertz CT molecular complexity index is 734. The molecule has 7 heteroatoms. The molecule has 0 aliphatic rings. The van der Waals surface area contributed by atoms with Gasteiger partial charge in [0.25, 0.3) is 11.5 Å². The van der Waals surface area contributed by atoms with Crippen LogP contribution in [0.4, 0.5) is 5.69 Å². The normalized spacial score (nSPS) is 10.1. The van der Waals surface area contributed by atoms with Crippen molar-refractivity contribution in [3.63, 3.8) is 0 Å². The molecule has 0 aliphatic carbocycles. The molecule has 1 aromatic carbocycles. The summed E-state index contributed by atoms with van der Waals surface area (Å²) in [4.78, 5) is 41.2. The molecule has 1 aromatic heterocycles. The first kappa shape index (κ1) is 16.4. The first-order valence-electron chi connectivity index (χ1n) is 7.24. The van der Waals surface area contributed by atoms with E-state index in [-0.39, 0.29) is 11.3 Å². The largest absolute Gasteiger partial charge is 0.462 e. The number of rotatable bonds is 6. The molecule has 7 nitrogen and oxygen atoms in total. The van der Waals surface area contributed by atoms with Crippen molar-refractivity contribution in [1.29, 1.82) is 0 Å². The molecule has 0 fully saturated rings. The highest BCUT2D eigenvalue weighted by Gasteiger charge is 2.15. The molecule has 0 saturated carbocycles. The predicted molar refractivity (Wildman–Crippen MR) is 84.4 cm³/mol. The van der Waals surface area contributed by atoms with Crippen molar-refractivity contribution >= 4 is 17.6 Å². The number of amides is 1. The minimum Gasteiger partial charge on any atom is -0.462 e. The molecule has 0 unspecified atom stereocenters. The molecule has 1 heterocycles. The molecule has 0 radical (unpaired) electrons. The molecule has 1 amide bonds. The number of carbonyl (C=O) groups excluding carboxylic acids is 2. The van der Waals surface area contributed by atoms with Gasteiger partial charge >= 0.3 is 5.97 Å². The Kier molecular flexibility index (Phi) is 5.62. The van der Waals surface area contributed by atoms with Crippen LogP contribution in [0.2, 0.25) is 0 Å². The second-order valence-corrected chi connectivity index (χ2v) is 4.79. The summed E-state index contributed by atoms with van der Waals surface area (Å²) in [6.45, 7) is 2.33. The lowest BCUT2D eigenvalue weighted by Crippen LogP contribution is -2.19. The lowest BCUT2D eigenvalue weighted by molar-refractivity contribution is 0.0501. The molecule has 2 N–H and O–H groups in total. The van der Waals surface area contributed by atoms with Gasteiger partial charge in [0.2, 0.25) is 0 Å². The predicted octanol–water partition coefficient (Wildman–Crippen LogP) is 1.98. The van der Waals surface area contributed by atoms with E-state index in [0.29, 0.717) is 12.3 Å². The Labute approximate surface area is 132 Å². The summed E-state index contributed by atoms with van der Waals surface area (Å²) in [7, 11) is 0. The summed E-state index contributed by atoms with van der Waals surface area (Å²) in [5.74, 6) is -1.03. The van der Waals surface area contributed by atoms with Crippen molar-refractivity contribution < 1.29 is 14.3 Å². The Morgan fingerprint density at radius 3 is 2.78 bits per heavy atom. The average Bonchev–Trinajstić information content (AvgIpc) is 2.56. The number of para-hydroxylation sites is 1. The molecular formula is C16H17N3O4. The number of hydrogen-bond acceptors (Lipinski definition) is 5. The smallest absolute Gasteiger partial charge is 0.340 e. The molecule has 0 spiro atoms. The van der Waals surface area contributed by atoms with Crippen LogP contribution in [0.5, 0.6) is 0 Å². The third-order valence-corrected chi connectivity index (χ3v) is 3.03. The van der Waals surface area contributed by atoms with Crippen LogP contribution < -0.4 is 10.9 Å². The summed E-state index contributed by atoms with van der Waals surface area (Å²) in [5.41, 5.74) is 0.230. The van der Waals surface area contributed by atoms with Gasteiger partial charge in [0.1, 0.15) is 5.69 Å². The fourth-order valence-corrected chi connectivity index (χ4v) is 1.81. The van der Waals surface area contributed by atoms with Gasteiger partial charge in [-0.2, -0.15) is 0 Å². The number of benzene rings is 1. The number of aromatic amines is 1. The molecule has 0 bridgehead atoms. The third kappa shape index (κ3) is 4.50. The van der Waals surface area contributed by atoms with Crippen molar-refractivity contribution in [3.8, 4) is 0 Å². The lowest BCUT2D eigenvalue weighted by Gasteiger charge is -2.10. The van der Waals surface area contributed by atoms with Crippen LogP contribution in [-0.4, -0.2) is 28.5 Å². The van der Waals surface area contributed by atoms with E-state index in [1.54, 1.807) is 24.3 Å². The maximum Gasteiger partial charge on any atom is 0.340 e. The molecule has 0 aliphatic heterocycles. The van der Waals surface area contributed by atoms with E-state index in [0.717, 1.165) is 19.0 Å². The number of carbonyl (C=O) groups is 2. The highest BCUT2D eigenvalue weighted by atomic mass is 16.5. The van der Waals surface area contributed by atoms with Crippen molar-refractivity contribution in [2.75, 3.05) is 11.9 Å². The fraction of sp³-hybridized carbons (Fsp3) is 0.250. The maximum atomic E-state index is 12.1. The van der Waals surface area contributed by atoms with Gasteiger partial charge in [-0.1, -0.05) is 25.5 Å². The maximum absolute atomic E-state index is 12.1. The Morgan fingerprint density at radius 1 is 1.30 bits per heavy atom. The van der Waals surface area contributed by atoms with Gasteiger partial charge in [0.15, 0.2) is 0 Å². The summed E-state index contributed by atoms with van der Waals surface area (Å²) >= 11 is 0. The molecule has 0 atom stereocenters. The standard InChI is InChI=1S/C16H17N3O4/c1-2-3-8-23-16(22)11-6-4-5-7-12(11)19-15(21)13-9-18-14(20)10-17-13/h4-7,9-10H,2-3,8H2,1H3,(H,18,20)(H,19,21). The number of H-pyrrole nitrogens is 1. The van der Waals surface area contributed by atoms with Crippen LogP contribution in [-0.2, 0) is 4.74 Å². The number of unbranched alkanes of at least 4 members (excludes halogenated alkanes) is 1. The molecular weight excluding hydrogens is 298 g/mol. The van der Waals surface area contributed by atoms with Crippen LogP contribution >= 0.6 is 0 Å². The Morgan fingerprint density at radius 2 is 2.09 bits per heavy atom. The van der Waals surface area contributed by atoms with Gasteiger partial charge in [-0.15, -0.1) is 0 Å². The number of anilines is 1. The van der Waals surface area contributed by atoms with Crippen LogP contribution in [0.3, 0.4) is 0 Å². The van der Waals surface area contributed by atoms with E-state index >= 15 is 0 Å². The second-order valence-electron chi connectivity index (χ2n) is 4.79. The zero-order chi connectivity index (χ0) is 16.7. The van der Waals surface area contributed by atoms with Crippen LogP contribution in [0.1, 0.15) is 40.6 Å². The molecule has 2 aromatic rings. The number of esters is 1. The lowest BCUT2D eigenvalue weighted by atomic mass is 10.1. The summed E-state index contributed by atoms with van der Waals surface area (Å²) < 4.78 is 5.16. The van der Waals surface area contributed by atoms with E-state index in [1.165, 1.54) is 6.20 Å². The van der Waals surface area contributed by atoms with Crippen molar-refractivity contribution in [1.82, 2.24) is 9.97 Å². The number of nitrogens with zero attached hydrogens (tertiary/aromatic N) is 1. The van der Waals surface area contributed by atoms with E-state index in [1.807, 2.05) is 6.92 Å². The SMILES string of the molecule is CCCCOC(=O)c1ccccc1NC(=O)c1c[nH]c(=O)cn1. The Balaban J connectivity index is 2.13. The average molecular weight is 315 g/mol. The van der Waals surface area contributed by atoms with E-state index in [9.17, 15) is 14.4 Å². The summed E-state index contributed by atoms with van der Waals surface area (Å²) in [6.07, 6.45) is 3.92. The fourth-order valence-electron chi connectivity index (χ4n) is 1.81. The topological polar surface area (TPSA) is 101 Å². The van der Waals surface area contributed by atoms with Gasteiger partial charge in [-0.3, -0.25) is 9.59 Å². The summed E-state index contributed by atoms with van der Waals surface area (Å²) in [6, 6.07) is 6.55. The zero-order valence-electron chi connectivity index (χ0n) is 12.7. The second kappa shape index (κ2) is 7.88. The minimum atomic E-state index is -0.532. The van der Waals surface area contributed by atoms with Crippen molar-refractivity contribution in [2.24, 2.45) is 0 Å². The van der Waals surface area contributed by atoms with Crippen molar-refractivity contribution in [3.05, 3.63) is 58.3 Å². The van der Waals surface area contributed by atoms with E-state index < -0.39 is 17.4 Å². The van der Waals surface area contributed by atoms with Crippen molar-refractivity contribution in [2.45, 2.75) is 19.8 Å². The first-order valence-corrected chi connectivity index (χ1v) is 7.24. The zero-order valence-corrected chi connectivity index (χ0v) is 12.7. The van der Waals surface area contributed by atoms with E-state index in [2.05, 4.69) is 15.3 Å². The first-order chi connectivity index (χ1) is 11.1.